The predicted molar refractivity (Wildman–Crippen MR) is 97.3 cm³/mol. The summed E-state index contributed by atoms with van der Waals surface area (Å²) in [6, 6.07) is 15.3. The first-order chi connectivity index (χ1) is 10.7. The van der Waals surface area contributed by atoms with Gasteiger partial charge in [0.1, 0.15) is 11.5 Å². The van der Waals surface area contributed by atoms with E-state index in [-0.39, 0.29) is 62.0 Å². The van der Waals surface area contributed by atoms with Crippen molar-refractivity contribution in [2.45, 2.75) is 13.8 Å². The monoisotopic (exact) mass is 364 g/mol. The van der Waals surface area contributed by atoms with E-state index in [2.05, 4.69) is 10.6 Å². The van der Waals surface area contributed by atoms with Crippen molar-refractivity contribution in [1.29, 1.82) is 0 Å². The van der Waals surface area contributed by atoms with Gasteiger partial charge in [0.05, 0.1) is 13.2 Å². The Morgan fingerprint density at radius 2 is 1.12 bits per heavy atom. The van der Waals surface area contributed by atoms with Gasteiger partial charge in [-0.1, -0.05) is 0 Å². The molecule has 2 aromatic rings. The molecule has 120 valence electrons. The van der Waals surface area contributed by atoms with Gasteiger partial charge in [-0.3, -0.25) is 0 Å². The Morgan fingerprint density at radius 3 is 1.42 bits per heavy atom. The van der Waals surface area contributed by atoms with Crippen molar-refractivity contribution in [1.82, 2.24) is 0 Å². The van der Waals surface area contributed by atoms with E-state index in [9.17, 15) is 0 Å². The topological polar surface area (TPSA) is 42.5 Å². The van der Waals surface area contributed by atoms with Crippen molar-refractivity contribution in [3.05, 3.63) is 48.5 Å². The zero-order chi connectivity index (χ0) is 15.8. The van der Waals surface area contributed by atoms with E-state index >= 15 is 0 Å². The van der Waals surface area contributed by atoms with Crippen molar-refractivity contribution < 1.29 is 71.4 Å². The Bertz CT molecular complexity index is 564. The standard InChI is InChI=1S/C17H20N2O2S.2Na.2H/c1-3-20-15-9-5-13(6-10-15)18-17(22)19-14-7-11-16(12-8-14)21-4-2;;;;/h5-12H,3-4H2,1-2H3,(H2,18,19,22);;;;/q;2*+1;2*-1. The van der Waals surface area contributed by atoms with Crippen LogP contribution in [0.15, 0.2) is 48.5 Å². The molecule has 0 amide bonds. The zero-order valence-corrected chi connectivity index (χ0v) is 19.6. The fraction of sp³-hybridized carbons (Fsp3) is 0.235. The normalized spacial score (nSPS) is 9.08. The van der Waals surface area contributed by atoms with E-state index in [0.29, 0.717) is 18.3 Å². The Labute approximate surface area is 196 Å². The van der Waals surface area contributed by atoms with E-state index in [1.165, 1.54) is 0 Å². The Morgan fingerprint density at radius 1 is 0.792 bits per heavy atom. The number of thiocarbonyl (C=S) groups is 1. The third kappa shape index (κ3) is 8.21. The third-order valence-electron chi connectivity index (χ3n) is 2.85. The molecule has 0 saturated heterocycles. The Balaban J connectivity index is -0.00000132. The predicted octanol–water partition coefficient (Wildman–Crippen LogP) is -1.47. The first-order valence-corrected chi connectivity index (χ1v) is 7.65. The fourth-order valence-corrected chi connectivity index (χ4v) is 2.13. The minimum atomic E-state index is 0. The quantitative estimate of drug-likeness (QED) is 0.484. The number of benzene rings is 2. The second-order valence-electron chi connectivity index (χ2n) is 4.49. The molecule has 0 aliphatic carbocycles. The van der Waals surface area contributed by atoms with Crippen LogP contribution in [0.1, 0.15) is 16.7 Å². The van der Waals surface area contributed by atoms with Gasteiger partial charge in [-0.25, -0.2) is 0 Å². The molecule has 0 spiro atoms. The Hall–Kier alpha value is -0.270. The van der Waals surface area contributed by atoms with Crippen LogP contribution in [0.4, 0.5) is 11.4 Å². The summed E-state index contributed by atoms with van der Waals surface area (Å²) in [4.78, 5) is 0. The van der Waals surface area contributed by atoms with E-state index in [4.69, 9.17) is 21.7 Å². The minimum Gasteiger partial charge on any atom is -1.00 e. The molecule has 7 heteroatoms. The summed E-state index contributed by atoms with van der Waals surface area (Å²) in [6.07, 6.45) is 0. The maximum atomic E-state index is 5.40. The number of hydrogen-bond donors (Lipinski definition) is 2. The molecule has 2 N–H and O–H groups in total. The van der Waals surface area contributed by atoms with Gasteiger partial charge in [-0.2, -0.15) is 0 Å². The molecule has 0 atom stereocenters. The molecule has 0 aromatic heterocycles. The molecule has 0 unspecified atom stereocenters. The molecule has 0 radical (unpaired) electrons. The second kappa shape index (κ2) is 13.0. The van der Waals surface area contributed by atoms with Crippen LogP contribution in [0.5, 0.6) is 11.5 Å². The SMILES string of the molecule is CCOc1ccc(NC(=S)Nc2ccc(OCC)cc2)cc1.[H-].[H-].[Na+].[Na+]. The molecule has 0 bridgehead atoms. The average Bonchev–Trinajstić information content (AvgIpc) is 2.52. The molecule has 2 rings (SSSR count). The number of nitrogens with one attached hydrogen (secondary N) is 2. The molecule has 0 fully saturated rings. The Kier molecular flexibility index (Phi) is 12.9. The average molecular weight is 364 g/mol. The number of anilines is 2. The summed E-state index contributed by atoms with van der Waals surface area (Å²) in [6.45, 7) is 5.24. The van der Waals surface area contributed by atoms with Crippen LogP contribution in [0, 0.1) is 0 Å². The van der Waals surface area contributed by atoms with Gasteiger partial charge in [0.15, 0.2) is 5.11 Å². The van der Waals surface area contributed by atoms with Crippen molar-refractivity contribution in [2.24, 2.45) is 0 Å². The molecule has 0 aliphatic heterocycles. The molecule has 4 nitrogen and oxygen atoms in total. The van der Waals surface area contributed by atoms with Crippen LogP contribution in [0.25, 0.3) is 0 Å². The smallest absolute Gasteiger partial charge is 1.00 e. The van der Waals surface area contributed by atoms with Gasteiger partial charge in [-0.15, -0.1) is 0 Å². The molecule has 0 heterocycles. The summed E-state index contributed by atoms with van der Waals surface area (Å²) < 4.78 is 10.8. The number of rotatable bonds is 6. The van der Waals surface area contributed by atoms with Crippen LogP contribution in [0.2, 0.25) is 0 Å². The van der Waals surface area contributed by atoms with E-state index in [0.717, 1.165) is 22.9 Å². The molecule has 2 aromatic carbocycles. The molecular weight excluding hydrogens is 342 g/mol. The summed E-state index contributed by atoms with van der Waals surface area (Å²) in [5, 5.41) is 6.80. The molecule has 24 heavy (non-hydrogen) atoms. The van der Waals surface area contributed by atoms with Crippen LogP contribution in [-0.4, -0.2) is 18.3 Å². The van der Waals surface area contributed by atoms with E-state index < -0.39 is 0 Å². The van der Waals surface area contributed by atoms with Crippen LogP contribution in [-0.2, 0) is 0 Å². The summed E-state index contributed by atoms with van der Waals surface area (Å²) in [5.74, 6) is 1.69. The molecule has 0 saturated carbocycles. The summed E-state index contributed by atoms with van der Waals surface area (Å²) in [5.41, 5.74) is 1.82. The van der Waals surface area contributed by atoms with Crippen LogP contribution in [0.3, 0.4) is 0 Å². The maximum Gasteiger partial charge on any atom is 1.00 e. The fourth-order valence-electron chi connectivity index (χ4n) is 1.90. The second-order valence-corrected chi connectivity index (χ2v) is 4.90. The third-order valence-corrected chi connectivity index (χ3v) is 3.05. The first-order valence-electron chi connectivity index (χ1n) is 7.25. The van der Waals surface area contributed by atoms with Crippen molar-refractivity contribution >= 4 is 28.7 Å². The first kappa shape index (κ1) is 23.7. The van der Waals surface area contributed by atoms with Crippen molar-refractivity contribution in [2.75, 3.05) is 23.8 Å². The van der Waals surface area contributed by atoms with Gasteiger partial charge in [0.25, 0.3) is 0 Å². The summed E-state index contributed by atoms with van der Waals surface area (Å²) >= 11 is 5.30. The van der Waals surface area contributed by atoms with Gasteiger partial charge >= 0.3 is 59.1 Å². The number of ether oxygens (including phenoxy) is 2. The van der Waals surface area contributed by atoms with E-state index in [1.54, 1.807) is 0 Å². The molecular formula is C17H22N2Na2O2S. The van der Waals surface area contributed by atoms with Crippen LogP contribution < -0.4 is 79.2 Å². The van der Waals surface area contributed by atoms with Gasteiger partial charge < -0.3 is 23.0 Å². The van der Waals surface area contributed by atoms with Crippen LogP contribution >= 0.6 is 12.2 Å². The van der Waals surface area contributed by atoms with Gasteiger partial charge in [0.2, 0.25) is 0 Å². The zero-order valence-electron chi connectivity index (χ0n) is 16.8. The van der Waals surface area contributed by atoms with Crippen molar-refractivity contribution in [3.63, 3.8) is 0 Å². The maximum absolute atomic E-state index is 5.40. The summed E-state index contributed by atoms with van der Waals surface area (Å²) in [7, 11) is 0. The van der Waals surface area contributed by atoms with Gasteiger partial charge in [-0.05, 0) is 74.6 Å². The van der Waals surface area contributed by atoms with E-state index in [1.807, 2.05) is 62.4 Å². The van der Waals surface area contributed by atoms with Gasteiger partial charge in [0, 0.05) is 11.4 Å². The number of hydrogen-bond acceptors (Lipinski definition) is 3. The minimum absolute atomic E-state index is 0. The largest absolute Gasteiger partial charge is 1.00 e. The molecule has 0 aliphatic rings. The van der Waals surface area contributed by atoms with Crippen molar-refractivity contribution in [3.8, 4) is 11.5 Å².